The standard InChI is InChI=1S/C27H43N3O6/c1-7-8-9-10-11-12-17-30(22(31)18-29-26(34)36-27(3,4)5)24(21-15-13-20(2)14-16-21)25(33)28-19-23(32)35-6/h13-16,24H,7-12,17-19H2,1-6H3,(H,28,33)(H,29,34). The summed E-state index contributed by atoms with van der Waals surface area (Å²) in [5.74, 6) is -1.51. The van der Waals surface area contributed by atoms with Gasteiger partial charge in [-0.3, -0.25) is 14.4 Å². The SMILES string of the molecule is CCCCCCCCN(C(=O)CNC(=O)OC(C)(C)C)C(C(=O)NCC(=O)OC)c1ccc(C)cc1. The van der Waals surface area contributed by atoms with Crippen molar-refractivity contribution in [3.8, 4) is 0 Å². The van der Waals surface area contributed by atoms with E-state index in [0.717, 1.165) is 37.7 Å². The number of amides is 3. The predicted octanol–water partition coefficient (Wildman–Crippen LogP) is 4.04. The first-order valence-electron chi connectivity index (χ1n) is 12.7. The summed E-state index contributed by atoms with van der Waals surface area (Å²) in [6.45, 7) is 8.97. The lowest BCUT2D eigenvalue weighted by Gasteiger charge is -2.32. The smallest absolute Gasteiger partial charge is 0.408 e. The maximum Gasteiger partial charge on any atom is 0.408 e. The Bertz CT molecular complexity index is 848. The summed E-state index contributed by atoms with van der Waals surface area (Å²) in [6, 6.07) is 6.34. The number of benzene rings is 1. The van der Waals surface area contributed by atoms with Crippen molar-refractivity contribution < 1.29 is 28.7 Å². The number of hydrogen-bond acceptors (Lipinski definition) is 6. The van der Waals surface area contributed by atoms with Crippen molar-refractivity contribution in [2.24, 2.45) is 0 Å². The number of rotatable bonds is 14. The van der Waals surface area contributed by atoms with Gasteiger partial charge in [0.05, 0.1) is 7.11 Å². The fourth-order valence-corrected chi connectivity index (χ4v) is 3.57. The van der Waals surface area contributed by atoms with Crippen LogP contribution in [0.1, 0.15) is 83.4 Å². The minimum atomic E-state index is -0.973. The van der Waals surface area contributed by atoms with Gasteiger partial charge in [-0.05, 0) is 39.7 Å². The molecule has 0 aliphatic carbocycles. The number of hydrogen-bond donors (Lipinski definition) is 2. The van der Waals surface area contributed by atoms with Gasteiger partial charge in [0.2, 0.25) is 11.8 Å². The zero-order chi connectivity index (χ0) is 27.1. The van der Waals surface area contributed by atoms with Crippen LogP contribution >= 0.6 is 0 Å². The molecule has 1 aromatic carbocycles. The quantitative estimate of drug-likeness (QED) is 0.291. The molecule has 0 aromatic heterocycles. The Morgan fingerprint density at radius 2 is 1.53 bits per heavy atom. The summed E-state index contributed by atoms with van der Waals surface area (Å²) in [7, 11) is 1.24. The molecule has 0 saturated carbocycles. The van der Waals surface area contributed by atoms with Crippen molar-refractivity contribution in [3.05, 3.63) is 35.4 Å². The third kappa shape index (κ3) is 12.0. The second-order valence-electron chi connectivity index (χ2n) is 9.82. The van der Waals surface area contributed by atoms with Crippen molar-refractivity contribution in [2.45, 2.75) is 84.8 Å². The van der Waals surface area contributed by atoms with E-state index in [0.29, 0.717) is 18.5 Å². The second-order valence-corrected chi connectivity index (χ2v) is 9.82. The van der Waals surface area contributed by atoms with E-state index in [2.05, 4.69) is 22.3 Å². The molecular weight excluding hydrogens is 462 g/mol. The number of carbonyl (C=O) groups excluding carboxylic acids is 4. The number of nitrogens with one attached hydrogen (secondary N) is 2. The van der Waals surface area contributed by atoms with Crippen molar-refractivity contribution >= 4 is 23.9 Å². The first kappa shape index (κ1) is 30.9. The summed E-state index contributed by atoms with van der Waals surface area (Å²) in [6.07, 6.45) is 5.35. The maximum absolute atomic E-state index is 13.3. The Kier molecular flexibility index (Phi) is 13.6. The molecule has 0 fully saturated rings. The molecule has 36 heavy (non-hydrogen) atoms. The molecule has 1 atom stereocenters. The number of ether oxygens (including phenoxy) is 2. The molecule has 1 unspecified atom stereocenters. The van der Waals surface area contributed by atoms with E-state index in [1.165, 1.54) is 12.0 Å². The lowest BCUT2D eigenvalue weighted by atomic mass is 10.0. The average molecular weight is 506 g/mol. The van der Waals surface area contributed by atoms with Gasteiger partial charge in [0.1, 0.15) is 24.7 Å². The van der Waals surface area contributed by atoms with Crippen molar-refractivity contribution in [2.75, 3.05) is 26.7 Å². The molecule has 0 spiro atoms. The zero-order valence-electron chi connectivity index (χ0n) is 22.6. The van der Waals surface area contributed by atoms with Gasteiger partial charge in [-0.2, -0.15) is 0 Å². The van der Waals surface area contributed by atoms with E-state index >= 15 is 0 Å². The zero-order valence-corrected chi connectivity index (χ0v) is 22.6. The highest BCUT2D eigenvalue weighted by atomic mass is 16.6. The van der Waals surface area contributed by atoms with E-state index < -0.39 is 35.5 Å². The molecule has 0 aliphatic heterocycles. The van der Waals surface area contributed by atoms with E-state index in [-0.39, 0.29) is 13.1 Å². The number of esters is 1. The maximum atomic E-state index is 13.3. The molecule has 0 heterocycles. The van der Waals surface area contributed by atoms with Gasteiger partial charge in [0, 0.05) is 6.54 Å². The second kappa shape index (κ2) is 15.8. The number of carbonyl (C=O) groups is 4. The van der Waals surface area contributed by atoms with Crippen LogP contribution in [-0.2, 0) is 23.9 Å². The van der Waals surface area contributed by atoms with Gasteiger partial charge in [-0.1, -0.05) is 68.9 Å². The molecule has 1 rings (SSSR count). The van der Waals surface area contributed by atoms with Crippen LogP contribution in [0.2, 0.25) is 0 Å². The van der Waals surface area contributed by atoms with E-state index in [1.807, 2.05) is 19.1 Å². The molecule has 0 saturated heterocycles. The topological polar surface area (TPSA) is 114 Å². The third-order valence-corrected chi connectivity index (χ3v) is 5.44. The minimum Gasteiger partial charge on any atom is -0.468 e. The summed E-state index contributed by atoms with van der Waals surface area (Å²) in [5.41, 5.74) is 0.913. The lowest BCUT2D eigenvalue weighted by molar-refractivity contribution is -0.143. The molecule has 0 bridgehead atoms. The van der Waals surface area contributed by atoms with Crippen LogP contribution in [0.15, 0.2) is 24.3 Å². The Morgan fingerprint density at radius 1 is 0.917 bits per heavy atom. The Balaban J connectivity index is 3.13. The molecule has 1 aromatic rings. The van der Waals surface area contributed by atoms with Crippen LogP contribution in [0.25, 0.3) is 0 Å². The average Bonchev–Trinajstić information content (AvgIpc) is 2.82. The number of methoxy groups -OCH3 is 1. The summed E-state index contributed by atoms with van der Waals surface area (Å²) in [4.78, 5) is 51.8. The number of aryl methyl sites for hydroxylation is 1. The van der Waals surface area contributed by atoms with Gasteiger partial charge >= 0.3 is 12.1 Å². The van der Waals surface area contributed by atoms with Gasteiger partial charge in [0.25, 0.3) is 0 Å². The molecule has 0 radical (unpaired) electrons. The third-order valence-electron chi connectivity index (χ3n) is 5.44. The predicted molar refractivity (Wildman–Crippen MR) is 138 cm³/mol. The molecule has 9 nitrogen and oxygen atoms in total. The first-order valence-corrected chi connectivity index (χ1v) is 12.7. The highest BCUT2D eigenvalue weighted by Gasteiger charge is 2.31. The van der Waals surface area contributed by atoms with E-state index in [4.69, 9.17) is 4.74 Å². The van der Waals surface area contributed by atoms with Crippen LogP contribution in [0.3, 0.4) is 0 Å². The summed E-state index contributed by atoms with van der Waals surface area (Å²) in [5, 5.41) is 5.07. The number of nitrogens with zero attached hydrogens (tertiary/aromatic N) is 1. The first-order chi connectivity index (χ1) is 17.0. The molecular formula is C27H43N3O6. The van der Waals surface area contributed by atoms with Crippen molar-refractivity contribution in [1.82, 2.24) is 15.5 Å². The van der Waals surface area contributed by atoms with Crippen LogP contribution in [0.4, 0.5) is 4.79 Å². The number of unbranched alkanes of at least 4 members (excludes halogenated alkanes) is 5. The van der Waals surface area contributed by atoms with Gasteiger partial charge in [-0.25, -0.2) is 4.79 Å². The molecule has 0 aliphatic rings. The summed E-state index contributed by atoms with van der Waals surface area (Å²) < 4.78 is 9.87. The Hall–Kier alpha value is -3.10. The summed E-state index contributed by atoms with van der Waals surface area (Å²) >= 11 is 0. The van der Waals surface area contributed by atoms with Gasteiger partial charge < -0.3 is 25.0 Å². The highest BCUT2D eigenvalue weighted by Crippen LogP contribution is 2.23. The number of alkyl carbamates (subject to hydrolysis) is 1. The van der Waals surface area contributed by atoms with Gasteiger partial charge in [-0.15, -0.1) is 0 Å². The Labute approximate surface area is 215 Å². The van der Waals surface area contributed by atoms with Crippen molar-refractivity contribution in [1.29, 1.82) is 0 Å². The van der Waals surface area contributed by atoms with Crippen LogP contribution in [0.5, 0.6) is 0 Å². The van der Waals surface area contributed by atoms with Crippen LogP contribution in [0, 0.1) is 6.92 Å². The van der Waals surface area contributed by atoms with Crippen LogP contribution < -0.4 is 10.6 Å². The lowest BCUT2D eigenvalue weighted by Crippen LogP contribution is -2.48. The minimum absolute atomic E-state index is 0.313. The molecule has 3 amide bonds. The fraction of sp³-hybridized carbons (Fsp3) is 0.630. The Morgan fingerprint density at radius 3 is 2.11 bits per heavy atom. The van der Waals surface area contributed by atoms with Crippen molar-refractivity contribution in [3.63, 3.8) is 0 Å². The van der Waals surface area contributed by atoms with E-state index in [1.54, 1.807) is 32.9 Å². The van der Waals surface area contributed by atoms with Crippen LogP contribution in [-0.4, -0.2) is 61.1 Å². The fourth-order valence-electron chi connectivity index (χ4n) is 3.57. The monoisotopic (exact) mass is 505 g/mol. The van der Waals surface area contributed by atoms with E-state index in [9.17, 15) is 19.2 Å². The molecule has 202 valence electrons. The normalized spacial score (nSPS) is 11.8. The largest absolute Gasteiger partial charge is 0.468 e. The van der Waals surface area contributed by atoms with Gasteiger partial charge in [0.15, 0.2) is 0 Å². The molecule has 2 N–H and O–H groups in total. The molecule has 9 heteroatoms. The highest BCUT2D eigenvalue weighted by molar-refractivity contribution is 5.91.